The number of methoxy groups -OCH3 is 1. The van der Waals surface area contributed by atoms with Crippen LogP contribution in [0.15, 0.2) is 78.9 Å². The van der Waals surface area contributed by atoms with Crippen molar-refractivity contribution in [3.63, 3.8) is 0 Å². The number of nitrogens with one attached hydrogen (secondary N) is 2. The molecular formula is C27H26N2O3. The average molecular weight is 427 g/mol. The molecule has 1 amide bonds. The Hall–Kier alpha value is -3.86. The molecule has 1 aliphatic rings. The number of fused-ring (bicyclic) bond motifs is 1. The van der Waals surface area contributed by atoms with Crippen LogP contribution in [0, 0.1) is 0 Å². The van der Waals surface area contributed by atoms with Gasteiger partial charge in [-0.2, -0.15) is 0 Å². The number of hydrogen-bond donors (Lipinski definition) is 2. The van der Waals surface area contributed by atoms with E-state index in [0.717, 1.165) is 29.0 Å². The van der Waals surface area contributed by atoms with Crippen LogP contribution >= 0.6 is 0 Å². The van der Waals surface area contributed by atoms with Crippen LogP contribution in [0.5, 0.6) is 5.75 Å². The van der Waals surface area contributed by atoms with Gasteiger partial charge in [0.05, 0.1) is 7.11 Å². The van der Waals surface area contributed by atoms with Crippen molar-refractivity contribution in [2.24, 2.45) is 0 Å². The second-order valence-corrected chi connectivity index (χ2v) is 8.53. The smallest absolute Gasteiger partial charge is 0.255 e. The van der Waals surface area contributed by atoms with E-state index in [-0.39, 0.29) is 17.2 Å². The Bertz CT molecular complexity index is 1200. The first kappa shape index (κ1) is 21.4. The van der Waals surface area contributed by atoms with Crippen molar-refractivity contribution in [2.45, 2.75) is 25.8 Å². The van der Waals surface area contributed by atoms with Gasteiger partial charge in [-0.25, -0.2) is 0 Å². The molecule has 0 aromatic heterocycles. The van der Waals surface area contributed by atoms with E-state index in [1.807, 2.05) is 30.3 Å². The predicted molar refractivity (Wildman–Crippen MR) is 127 cm³/mol. The lowest BCUT2D eigenvalue weighted by molar-refractivity contribution is 0.102. The van der Waals surface area contributed by atoms with Gasteiger partial charge in [-0.1, -0.05) is 36.4 Å². The Morgan fingerprint density at radius 2 is 1.72 bits per heavy atom. The topological polar surface area (TPSA) is 67.4 Å². The Morgan fingerprint density at radius 3 is 2.47 bits per heavy atom. The van der Waals surface area contributed by atoms with Crippen molar-refractivity contribution >= 4 is 23.1 Å². The quantitative estimate of drug-likeness (QED) is 0.440. The summed E-state index contributed by atoms with van der Waals surface area (Å²) in [7, 11) is 1.63. The van der Waals surface area contributed by atoms with Gasteiger partial charge >= 0.3 is 0 Å². The summed E-state index contributed by atoms with van der Waals surface area (Å²) in [4.78, 5) is 25.6. The minimum absolute atomic E-state index is 0.144. The molecule has 0 bridgehead atoms. The number of carbonyl (C=O) groups is 2. The van der Waals surface area contributed by atoms with Gasteiger partial charge in [0, 0.05) is 39.7 Å². The lowest BCUT2D eigenvalue weighted by atomic mass is 9.85. The van der Waals surface area contributed by atoms with Gasteiger partial charge in [0.2, 0.25) is 0 Å². The molecule has 0 unspecified atom stereocenters. The fourth-order valence-electron chi connectivity index (χ4n) is 3.91. The van der Waals surface area contributed by atoms with Crippen LogP contribution in [-0.2, 0) is 6.42 Å². The van der Waals surface area contributed by atoms with Crippen LogP contribution in [0.2, 0.25) is 0 Å². The van der Waals surface area contributed by atoms with Gasteiger partial charge in [0.1, 0.15) is 5.75 Å². The molecule has 162 valence electrons. The van der Waals surface area contributed by atoms with Crippen molar-refractivity contribution in [1.29, 1.82) is 0 Å². The summed E-state index contributed by atoms with van der Waals surface area (Å²) in [5, 5.41) is 6.34. The molecule has 2 N–H and O–H groups in total. The van der Waals surface area contributed by atoms with Gasteiger partial charge in [-0.05, 0) is 62.2 Å². The zero-order valence-electron chi connectivity index (χ0n) is 18.4. The molecule has 5 nitrogen and oxygen atoms in total. The van der Waals surface area contributed by atoms with Crippen LogP contribution < -0.4 is 15.4 Å². The number of amides is 1. The third-order valence-electron chi connectivity index (χ3n) is 5.43. The second kappa shape index (κ2) is 8.71. The summed E-state index contributed by atoms with van der Waals surface area (Å²) >= 11 is 0. The molecule has 0 aliphatic carbocycles. The highest BCUT2D eigenvalue weighted by Crippen LogP contribution is 2.32. The summed E-state index contributed by atoms with van der Waals surface area (Å²) in [5.74, 6) is 0.384. The minimum Gasteiger partial charge on any atom is -0.497 e. The van der Waals surface area contributed by atoms with E-state index in [4.69, 9.17) is 4.74 Å². The molecule has 32 heavy (non-hydrogen) atoms. The molecule has 0 saturated carbocycles. The fourth-order valence-corrected chi connectivity index (χ4v) is 3.91. The van der Waals surface area contributed by atoms with E-state index < -0.39 is 0 Å². The molecule has 3 aromatic carbocycles. The highest BCUT2D eigenvalue weighted by Gasteiger charge is 2.28. The molecule has 1 aliphatic heterocycles. The first-order chi connectivity index (χ1) is 15.3. The van der Waals surface area contributed by atoms with Gasteiger partial charge in [-0.3, -0.25) is 9.59 Å². The number of carbonyl (C=O) groups excluding carboxylic acids is 2. The van der Waals surface area contributed by atoms with Crippen molar-refractivity contribution in [2.75, 3.05) is 12.4 Å². The SMILES string of the molecule is COc1ccc2c(c1)C(=CC(=O)c1cccc(NC(=O)c3ccccc3)c1)NC(C)(C)C2. The Balaban J connectivity index is 1.61. The molecule has 1 heterocycles. The number of ether oxygens (including phenoxy) is 1. The predicted octanol–water partition coefficient (Wildman–Crippen LogP) is 5.10. The zero-order chi connectivity index (χ0) is 22.7. The summed E-state index contributed by atoms with van der Waals surface area (Å²) in [5.41, 5.74) is 4.34. The Morgan fingerprint density at radius 1 is 0.969 bits per heavy atom. The van der Waals surface area contributed by atoms with Gasteiger partial charge in [0.15, 0.2) is 5.78 Å². The zero-order valence-corrected chi connectivity index (χ0v) is 18.4. The Kier molecular flexibility index (Phi) is 5.82. The summed E-state index contributed by atoms with van der Waals surface area (Å²) < 4.78 is 5.38. The normalized spacial score (nSPS) is 15.4. The molecule has 0 saturated heterocycles. The number of allylic oxidation sites excluding steroid dienone is 1. The molecule has 3 aromatic rings. The molecule has 0 atom stereocenters. The number of hydrogen-bond acceptors (Lipinski definition) is 4. The van der Waals surface area contributed by atoms with E-state index in [1.54, 1.807) is 49.6 Å². The highest BCUT2D eigenvalue weighted by molar-refractivity contribution is 6.10. The van der Waals surface area contributed by atoms with Crippen LogP contribution in [0.1, 0.15) is 45.7 Å². The number of anilines is 1. The second-order valence-electron chi connectivity index (χ2n) is 8.53. The van der Waals surface area contributed by atoms with E-state index in [9.17, 15) is 9.59 Å². The van der Waals surface area contributed by atoms with Crippen LogP contribution in [-0.4, -0.2) is 24.3 Å². The standard InChI is InChI=1S/C27H26N2O3/c1-27(2)17-20-12-13-22(32-3)15-23(20)24(29-27)16-25(30)19-10-7-11-21(14-19)28-26(31)18-8-5-4-6-9-18/h4-16,29H,17H2,1-3H3,(H,28,31). The molecule has 0 radical (unpaired) electrons. The number of ketones is 1. The molecule has 0 fully saturated rings. The maximum absolute atomic E-state index is 13.1. The van der Waals surface area contributed by atoms with Crippen LogP contribution in [0.3, 0.4) is 0 Å². The Labute approximate surface area is 188 Å². The maximum Gasteiger partial charge on any atom is 0.255 e. The third kappa shape index (κ3) is 4.72. The van der Waals surface area contributed by atoms with Gasteiger partial charge < -0.3 is 15.4 Å². The largest absolute Gasteiger partial charge is 0.497 e. The van der Waals surface area contributed by atoms with E-state index in [0.29, 0.717) is 16.8 Å². The van der Waals surface area contributed by atoms with Gasteiger partial charge in [-0.15, -0.1) is 0 Å². The van der Waals surface area contributed by atoms with Crippen molar-refractivity contribution < 1.29 is 14.3 Å². The third-order valence-corrected chi connectivity index (χ3v) is 5.43. The molecule has 0 spiro atoms. The first-order valence-electron chi connectivity index (χ1n) is 10.5. The fraction of sp³-hybridized carbons (Fsp3) is 0.185. The molecule has 4 rings (SSSR count). The monoisotopic (exact) mass is 426 g/mol. The summed E-state index contributed by atoms with van der Waals surface area (Å²) in [6.07, 6.45) is 2.47. The van der Waals surface area contributed by atoms with E-state index >= 15 is 0 Å². The van der Waals surface area contributed by atoms with Crippen molar-refractivity contribution in [3.05, 3.63) is 101 Å². The summed E-state index contributed by atoms with van der Waals surface area (Å²) in [6.45, 7) is 4.22. The van der Waals surface area contributed by atoms with Crippen molar-refractivity contribution in [3.8, 4) is 5.75 Å². The van der Waals surface area contributed by atoms with E-state index in [1.165, 1.54) is 0 Å². The van der Waals surface area contributed by atoms with Gasteiger partial charge in [0.25, 0.3) is 5.91 Å². The number of rotatable bonds is 5. The molecule has 5 heteroatoms. The first-order valence-corrected chi connectivity index (χ1v) is 10.5. The van der Waals surface area contributed by atoms with Crippen LogP contribution in [0.25, 0.3) is 5.70 Å². The highest BCUT2D eigenvalue weighted by atomic mass is 16.5. The minimum atomic E-state index is -0.217. The maximum atomic E-state index is 13.1. The molecular weight excluding hydrogens is 400 g/mol. The average Bonchev–Trinajstić information content (AvgIpc) is 2.79. The lowest BCUT2D eigenvalue weighted by Crippen LogP contribution is -2.43. The van der Waals surface area contributed by atoms with E-state index in [2.05, 4.69) is 30.5 Å². The number of benzene rings is 3. The van der Waals surface area contributed by atoms with Crippen LogP contribution in [0.4, 0.5) is 5.69 Å². The summed E-state index contributed by atoms with van der Waals surface area (Å²) in [6, 6.07) is 21.9. The van der Waals surface area contributed by atoms with Crippen molar-refractivity contribution in [1.82, 2.24) is 5.32 Å². The lowest BCUT2D eigenvalue weighted by Gasteiger charge is -2.35.